The van der Waals surface area contributed by atoms with Crippen molar-refractivity contribution in [2.24, 2.45) is 10.7 Å². The Morgan fingerprint density at radius 3 is 2.18 bits per heavy atom. The number of pyridine rings is 1. The summed E-state index contributed by atoms with van der Waals surface area (Å²) in [6.45, 7) is 12.4. The Labute approximate surface area is 356 Å². The van der Waals surface area contributed by atoms with Gasteiger partial charge >= 0.3 is 6.09 Å². The predicted molar refractivity (Wildman–Crippen MR) is 229 cm³/mol. The van der Waals surface area contributed by atoms with Gasteiger partial charge in [-0.15, -0.1) is 0 Å². The Bertz CT molecular complexity index is 2000. The number of nitrogens with one attached hydrogen (secondary N) is 2. The minimum absolute atomic E-state index is 0.00473. The van der Waals surface area contributed by atoms with E-state index in [1.54, 1.807) is 24.0 Å². The fourth-order valence-corrected chi connectivity index (χ4v) is 6.75. The second-order valence-electron chi connectivity index (χ2n) is 15.2. The van der Waals surface area contributed by atoms with Crippen LogP contribution in [-0.4, -0.2) is 117 Å². The van der Waals surface area contributed by atoms with E-state index in [0.717, 1.165) is 60.0 Å². The number of amidine groups is 1. The molecule has 1 aliphatic carbocycles. The Hall–Kier alpha value is -4.58. The van der Waals surface area contributed by atoms with Crippen LogP contribution in [0.2, 0.25) is 5.02 Å². The van der Waals surface area contributed by atoms with Crippen LogP contribution in [0.4, 0.5) is 20.6 Å². The first-order chi connectivity index (χ1) is 28.9. The molecule has 3 aromatic heterocycles. The van der Waals surface area contributed by atoms with Crippen molar-refractivity contribution in [2.75, 3.05) is 78.5 Å². The summed E-state index contributed by atoms with van der Waals surface area (Å²) in [5, 5.41) is 11.7. The number of rotatable bonds is 23. The molecule has 4 N–H and O–H groups in total. The van der Waals surface area contributed by atoms with Gasteiger partial charge in [-0.1, -0.05) is 18.5 Å². The third-order valence-electron chi connectivity index (χ3n) is 9.54. The van der Waals surface area contributed by atoms with Crippen LogP contribution in [0.3, 0.4) is 0 Å². The molecular formula is C43H59ClFN7O8. The van der Waals surface area contributed by atoms with E-state index < -0.39 is 17.5 Å². The van der Waals surface area contributed by atoms with Crippen LogP contribution < -0.4 is 21.1 Å². The number of halogens is 2. The highest BCUT2D eigenvalue weighted by atomic mass is 35.5. The van der Waals surface area contributed by atoms with E-state index in [1.807, 2.05) is 39.1 Å². The number of ether oxygens (including phenoxy) is 7. The maximum absolute atomic E-state index is 14.2. The van der Waals surface area contributed by atoms with Crippen molar-refractivity contribution in [3.05, 3.63) is 70.9 Å². The predicted octanol–water partition coefficient (Wildman–Crippen LogP) is 7.13. The van der Waals surface area contributed by atoms with E-state index >= 15 is 0 Å². The molecule has 17 heteroatoms. The number of nitrogens with two attached hydrogens (primary N) is 1. The van der Waals surface area contributed by atoms with Crippen LogP contribution in [0.5, 0.6) is 5.88 Å². The molecule has 3 heterocycles. The molecule has 1 aromatic carbocycles. The Morgan fingerprint density at radius 1 is 0.917 bits per heavy atom. The van der Waals surface area contributed by atoms with E-state index in [0.29, 0.717) is 77.5 Å². The molecule has 0 aliphatic heterocycles. The molecular weight excluding hydrogens is 797 g/mol. The second kappa shape index (κ2) is 23.4. The highest BCUT2D eigenvalue weighted by molar-refractivity contribution is 6.33. The molecule has 328 valence electrons. The molecule has 15 nitrogen and oxygen atoms in total. The smallest absolute Gasteiger partial charge is 0.407 e. The van der Waals surface area contributed by atoms with Gasteiger partial charge in [0.05, 0.1) is 93.1 Å². The molecule has 0 saturated heterocycles. The third-order valence-corrected chi connectivity index (χ3v) is 9.86. The van der Waals surface area contributed by atoms with Gasteiger partial charge in [-0.2, -0.15) is 5.10 Å². The summed E-state index contributed by atoms with van der Waals surface area (Å²) in [5.74, 6) is 0.145. The largest absolute Gasteiger partial charge is 0.475 e. The SMILES string of the molecule is CCc1cc(OCCOCCOCCOCCOCCOC)ncc1-c1cc2c(NC3CCC(NC(=O)OC(C)(C)C)CC3)c(C(N)=Nc3cc(F)ccc3Cl)cnn2c1. The number of amides is 1. The molecule has 0 unspecified atom stereocenters. The van der Waals surface area contributed by atoms with Crippen molar-refractivity contribution in [1.29, 1.82) is 0 Å². The van der Waals surface area contributed by atoms with E-state index in [1.165, 1.54) is 18.2 Å². The first-order valence-electron chi connectivity index (χ1n) is 20.4. The molecule has 1 amide bonds. The van der Waals surface area contributed by atoms with Crippen molar-refractivity contribution in [3.8, 4) is 17.0 Å². The summed E-state index contributed by atoms with van der Waals surface area (Å²) in [6, 6.07) is 7.98. The van der Waals surface area contributed by atoms with Crippen molar-refractivity contribution >= 4 is 40.4 Å². The molecule has 5 rings (SSSR count). The van der Waals surface area contributed by atoms with Crippen molar-refractivity contribution in [3.63, 3.8) is 0 Å². The number of benzene rings is 1. The van der Waals surface area contributed by atoms with Crippen molar-refractivity contribution < 1.29 is 42.3 Å². The van der Waals surface area contributed by atoms with Crippen molar-refractivity contribution in [2.45, 2.75) is 77.5 Å². The minimum atomic E-state index is -0.576. The van der Waals surface area contributed by atoms with E-state index in [9.17, 15) is 9.18 Å². The monoisotopic (exact) mass is 855 g/mol. The van der Waals surface area contributed by atoms with Gasteiger partial charge in [0, 0.05) is 54.8 Å². The lowest BCUT2D eigenvalue weighted by molar-refractivity contribution is -0.00987. The fourth-order valence-electron chi connectivity index (χ4n) is 6.59. The topological polar surface area (TPSA) is 174 Å². The van der Waals surface area contributed by atoms with Crippen LogP contribution in [0.1, 0.15) is 64.5 Å². The molecule has 1 fully saturated rings. The van der Waals surface area contributed by atoms with Crippen LogP contribution in [0, 0.1) is 5.82 Å². The summed E-state index contributed by atoms with van der Waals surface area (Å²) in [5.41, 5.74) is 11.2. The van der Waals surface area contributed by atoms with Gasteiger partial charge in [0.2, 0.25) is 5.88 Å². The number of aryl methyl sites for hydroxylation is 1. The minimum Gasteiger partial charge on any atom is -0.475 e. The summed E-state index contributed by atoms with van der Waals surface area (Å²) in [7, 11) is 1.64. The maximum Gasteiger partial charge on any atom is 0.407 e. The summed E-state index contributed by atoms with van der Waals surface area (Å²) in [6.07, 6.45) is 8.78. The van der Waals surface area contributed by atoms with Crippen LogP contribution >= 0.6 is 11.6 Å². The van der Waals surface area contributed by atoms with Gasteiger partial charge < -0.3 is 49.5 Å². The zero-order valence-corrected chi connectivity index (χ0v) is 36.0. The van der Waals surface area contributed by atoms with Gasteiger partial charge in [0.1, 0.15) is 23.9 Å². The zero-order chi connectivity index (χ0) is 42.9. The number of methoxy groups -OCH3 is 1. The molecule has 1 aliphatic rings. The average Bonchev–Trinajstić information content (AvgIpc) is 3.65. The number of hydrogen-bond donors (Lipinski definition) is 3. The highest BCUT2D eigenvalue weighted by Gasteiger charge is 2.27. The highest BCUT2D eigenvalue weighted by Crippen LogP contribution is 2.34. The van der Waals surface area contributed by atoms with Gasteiger partial charge in [-0.3, -0.25) is 0 Å². The number of aliphatic imine (C=N–C) groups is 1. The van der Waals surface area contributed by atoms with E-state index in [4.69, 9.17) is 55.6 Å². The van der Waals surface area contributed by atoms with E-state index in [2.05, 4.69) is 27.5 Å². The van der Waals surface area contributed by atoms with E-state index in [-0.39, 0.29) is 28.6 Å². The van der Waals surface area contributed by atoms with Gasteiger partial charge in [0.25, 0.3) is 0 Å². The molecule has 0 atom stereocenters. The lowest BCUT2D eigenvalue weighted by Gasteiger charge is -2.31. The lowest BCUT2D eigenvalue weighted by atomic mass is 9.91. The number of carbonyl (C=O) groups excluding carboxylic acids is 1. The Balaban J connectivity index is 1.23. The average molecular weight is 856 g/mol. The molecule has 4 aromatic rings. The quantitative estimate of drug-likeness (QED) is 0.0392. The second-order valence-corrected chi connectivity index (χ2v) is 15.7. The lowest BCUT2D eigenvalue weighted by Crippen LogP contribution is -2.42. The number of carbonyl (C=O) groups is 1. The van der Waals surface area contributed by atoms with Crippen molar-refractivity contribution in [1.82, 2.24) is 19.9 Å². The standard InChI is InChI=1S/C43H59ClFN7O8/c1-6-29-24-39(59-22-21-58-20-19-57-18-17-56-16-15-55-14-13-54-5)47-26-34(29)30-23-38-40(49-32-8-10-33(11-9-32)50-42(53)60-43(2,3)4)35(27-48-52(38)28-30)41(46)51-37-25-31(45)7-12-36(37)44/h7,12,23-28,32-33,49H,6,8-11,13-22H2,1-5H3,(H2,46,51)(H,50,53). The van der Waals surface area contributed by atoms with Crippen LogP contribution in [-0.2, 0) is 34.8 Å². The molecule has 1 saturated carbocycles. The van der Waals surface area contributed by atoms with Gasteiger partial charge in [-0.05, 0) is 76.6 Å². The Kier molecular flexibility index (Phi) is 18.1. The number of hydrogen-bond acceptors (Lipinski definition) is 12. The fraction of sp³-hybridized carbons (Fsp3) is 0.535. The normalized spacial score (nSPS) is 15.9. The third kappa shape index (κ3) is 14.6. The number of fused-ring (bicyclic) bond motifs is 1. The molecule has 0 spiro atoms. The Morgan fingerprint density at radius 2 is 1.55 bits per heavy atom. The summed E-state index contributed by atoms with van der Waals surface area (Å²) < 4.78 is 54.3. The molecule has 60 heavy (non-hydrogen) atoms. The maximum atomic E-state index is 14.2. The van der Waals surface area contributed by atoms with Gasteiger partial charge in [-0.25, -0.2) is 23.7 Å². The summed E-state index contributed by atoms with van der Waals surface area (Å²) in [4.78, 5) is 21.6. The number of anilines is 1. The summed E-state index contributed by atoms with van der Waals surface area (Å²) >= 11 is 6.36. The van der Waals surface area contributed by atoms with Crippen LogP contribution in [0.15, 0.2) is 53.9 Å². The molecule has 0 radical (unpaired) electrons. The van der Waals surface area contributed by atoms with Crippen LogP contribution in [0.25, 0.3) is 16.6 Å². The number of aromatic nitrogens is 3. The molecule has 0 bridgehead atoms. The first kappa shape index (κ1) is 46.5. The number of alkyl carbamates (subject to hydrolysis) is 1. The first-order valence-corrected chi connectivity index (χ1v) is 20.8. The number of nitrogens with zero attached hydrogens (tertiary/aromatic N) is 4. The zero-order valence-electron chi connectivity index (χ0n) is 35.3. The van der Waals surface area contributed by atoms with Gasteiger partial charge in [0.15, 0.2) is 0 Å².